The second-order valence-electron chi connectivity index (χ2n) is 6.81. The molecule has 160 valence electrons. The van der Waals surface area contributed by atoms with E-state index in [-0.39, 0.29) is 31.0 Å². The van der Waals surface area contributed by atoms with Gasteiger partial charge in [0.15, 0.2) is 23.1 Å². The molecule has 0 saturated heterocycles. The molecule has 1 heterocycles. The van der Waals surface area contributed by atoms with Crippen molar-refractivity contribution in [2.75, 3.05) is 38.5 Å². The molecule has 0 amide bonds. The van der Waals surface area contributed by atoms with E-state index in [2.05, 4.69) is 15.3 Å². The zero-order valence-corrected chi connectivity index (χ0v) is 17.3. The van der Waals surface area contributed by atoms with E-state index in [4.69, 9.17) is 30.2 Å². The van der Waals surface area contributed by atoms with Crippen molar-refractivity contribution in [1.82, 2.24) is 9.97 Å². The predicted molar refractivity (Wildman–Crippen MR) is 111 cm³/mol. The molecule has 9 nitrogen and oxygen atoms in total. The number of methoxy groups -OCH3 is 2. The molecule has 1 aromatic heterocycles. The Labute approximate surface area is 170 Å². The van der Waals surface area contributed by atoms with E-state index in [0.717, 1.165) is 5.56 Å². The third-order valence-corrected chi connectivity index (χ3v) is 4.43. The standard InChI is InChI=1S/C20H30N4O5/c1-12(2)14-9-16(27-3)17(28-4)10-15(14)29-18-11-22-20(24-19(18)21)23-13(5-7-25)6-8-26/h9-13,25-26H,5-8H2,1-4H3,(H3,21,22,23,24). The maximum absolute atomic E-state index is 9.13. The molecule has 29 heavy (non-hydrogen) atoms. The zero-order chi connectivity index (χ0) is 21.4. The van der Waals surface area contributed by atoms with Crippen LogP contribution in [-0.4, -0.2) is 53.7 Å². The highest BCUT2D eigenvalue weighted by Crippen LogP contribution is 2.40. The minimum Gasteiger partial charge on any atom is -0.493 e. The third-order valence-electron chi connectivity index (χ3n) is 4.43. The van der Waals surface area contributed by atoms with Crippen LogP contribution < -0.4 is 25.3 Å². The first-order valence-corrected chi connectivity index (χ1v) is 9.48. The quantitative estimate of drug-likeness (QED) is 0.444. The normalized spacial score (nSPS) is 11.0. The van der Waals surface area contributed by atoms with Crippen LogP contribution in [0, 0.1) is 0 Å². The molecule has 0 aliphatic rings. The summed E-state index contributed by atoms with van der Waals surface area (Å²) < 4.78 is 16.7. The largest absolute Gasteiger partial charge is 0.493 e. The minimum atomic E-state index is -0.158. The van der Waals surface area contributed by atoms with Gasteiger partial charge in [-0.3, -0.25) is 0 Å². The molecule has 0 bridgehead atoms. The first kappa shape index (κ1) is 22.5. The molecular weight excluding hydrogens is 376 g/mol. The fraction of sp³-hybridized carbons (Fsp3) is 0.500. The molecule has 1 aromatic carbocycles. The molecule has 0 aliphatic heterocycles. The number of benzene rings is 1. The fourth-order valence-corrected chi connectivity index (χ4v) is 2.85. The van der Waals surface area contributed by atoms with E-state index >= 15 is 0 Å². The lowest BCUT2D eigenvalue weighted by molar-refractivity contribution is 0.247. The molecule has 0 atom stereocenters. The molecular formula is C20H30N4O5. The lowest BCUT2D eigenvalue weighted by atomic mass is 10.0. The average Bonchev–Trinajstić information content (AvgIpc) is 2.69. The molecule has 2 rings (SSSR count). The summed E-state index contributed by atoms with van der Waals surface area (Å²) in [6.07, 6.45) is 2.41. The second kappa shape index (κ2) is 10.7. The number of rotatable bonds is 11. The number of hydrogen-bond donors (Lipinski definition) is 4. The molecule has 0 radical (unpaired) electrons. The van der Waals surface area contributed by atoms with Gasteiger partial charge in [0.05, 0.1) is 20.4 Å². The predicted octanol–water partition coefficient (Wildman–Crippen LogP) is 2.54. The summed E-state index contributed by atoms with van der Waals surface area (Å²) in [7, 11) is 3.14. The smallest absolute Gasteiger partial charge is 0.225 e. The first-order chi connectivity index (χ1) is 13.9. The van der Waals surface area contributed by atoms with Crippen LogP contribution in [-0.2, 0) is 0 Å². The van der Waals surface area contributed by atoms with Gasteiger partial charge in [0, 0.05) is 30.9 Å². The molecule has 0 fully saturated rings. The zero-order valence-electron chi connectivity index (χ0n) is 17.3. The van der Waals surface area contributed by atoms with Crippen molar-refractivity contribution >= 4 is 11.8 Å². The van der Waals surface area contributed by atoms with Crippen LogP contribution in [0.1, 0.15) is 38.2 Å². The van der Waals surface area contributed by atoms with Gasteiger partial charge >= 0.3 is 0 Å². The topological polar surface area (TPSA) is 132 Å². The van der Waals surface area contributed by atoms with Crippen LogP contribution in [0.5, 0.6) is 23.0 Å². The molecule has 9 heteroatoms. The van der Waals surface area contributed by atoms with Gasteiger partial charge in [-0.15, -0.1) is 0 Å². The van der Waals surface area contributed by atoms with E-state index in [1.807, 2.05) is 19.9 Å². The summed E-state index contributed by atoms with van der Waals surface area (Å²) in [6.45, 7) is 4.07. The number of nitrogens with zero attached hydrogens (tertiary/aromatic N) is 2. The maximum Gasteiger partial charge on any atom is 0.225 e. The van der Waals surface area contributed by atoms with Crippen LogP contribution in [0.15, 0.2) is 18.3 Å². The second-order valence-corrected chi connectivity index (χ2v) is 6.81. The van der Waals surface area contributed by atoms with E-state index in [1.54, 1.807) is 20.3 Å². The van der Waals surface area contributed by atoms with Crippen LogP contribution in [0.2, 0.25) is 0 Å². The summed E-state index contributed by atoms with van der Waals surface area (Å²) in [5, 5.41) is 21.3. The van der Waals surface area contributed by atoms with Crippen LogP contribution in [0.25, 0.3) is 0 Å². The minimum absolute atomic E-state index is 0.00831. The van der Waals surface area contributed by atoms with Gasteiger partial charge in [0.1, 0.15) is 5.75 Å². The van der Waals surface area contributed by atoms with Crippen molar-refractivity contribution in [1.29, 1.82) is 0 Å². The van der Waals surface area contributed by atoms with Gasteiger partial charge in [0.2, 0.25) is 5.95 Å². The van der Waals surface area contributed by atoms with Gasteiger partial charge < -0.3 is 35.5 Å². The third kappa shape index (κ3) is 5.85. The molecule has 0 spiro atoms. The molecule has 2 aromatic rings. The number of nitrogen functional groups attached to an aromatic ring is 1. The Morgan fingerprint density at radius 2 is 1.62 bits per heavy atom. The van der Waals surface area contributed by atoms with Crippen LogP contribution in [0.3, 0.4) is 0 Å². The monoisotopic (exact) mass is 406 g/mol. The Hall–Kier alpha value is -2.78. The highest BCUT2D eigenvalue weighted by atomic mass is 16.5. The van der Waals surface area contributed by atoms with Gasteiger partial charge in [-0.2, -0.15) is 4.98 Å². The number of nitrogens with one attached hydrogen (secondary N) is 1. The van der Waals surface area contributed by atoms with Crippen molar-refractivity contribution in [2.45, 2.75) is 38.6 Å². The Morgan fingerprint density at radius 1 is 1.00 bits per heavy atom. The molecule has 5 N–H and O–H groups in total. The van der Waals surface area contributed by atoms with E-state index in [0.29, 0.717) is 41.8 Å². The summed E-state index contributed by atoms with van der Waals surface area (Å²) in [6, 6.07) is 3.47. The average molecular weight is 406 g/mol. The van der Waals surface area contributed by atoms with Crippen LogP contribution >= 0.6 is 0 Å². The Balaban J connectivity index is 2.28. The first-order valence-electron chi connectivity index (χ1n) is 9.48. The number of anilines is 2. The molecule has 0 aliphatic carbocycles. The highest BCUT2D eigenvalue weighted by molar-refractivity contribution is 5.55. The number of aliphatic hydroxyl groups is 2. The summed E-state index contributed by atoms with van der Waals surface area (Å²) in [5.74, 6) is 2.69. The summed E-state index contributed by atoms with van der Waals surface area (Å²) in [5.41, 5.74) is 7.00. The van der Waals surface area contributed by atoms with E-state index in [9.17, 15) is 0 Å². The van der Waals surface area contributed by atoms with Crippen LogP contribution in [0.4, 0.5) is 11.8 Å². The maximum atomic E-state index is 9.13. The van der Waals surface area contributed by atoms with Crippen molar-refractivity contribution in [2.24, 2.45) is 0 Å². The number of hydrogen-bond acceptors (Lipinski definition) is 9. The number of aliphatic hydroxyl groups excluding tert-OH is 2. The fourth-order valence-electron chi connectivity index (χ4n) is 2.85. The lowest BCUT2D eigenvalue weighted by Crippen LogP contribution is -2.23. The van der Waals surface area contributed by atoms with Gasteiger partial charge in [-0.25, -0.2) is 4.98 Å². The Kier molecular flexibility index (Phi) is 8.29. The Morgan fingerprint density at radius 3 is 2.14 bits per heavy atom. The van der Waals surface area contributed by atoms with Gasteiger partial charge in [-0.05, 0) is 24.8 Å². The van der Waals surface area contributed by atoms with E-state index in [1.165, 1.54) is 6.20 Å². The van der Waals surface area contributed by atoms with E-state index < -0.39 is 0 Å². The van der Waals surface area contributed by atoms with Crippen molar-refractivity contribution in [3.63, 3.8) is 0 Å². The van der Waals surface area contributed by atoms with Gasteiger partial charge in [-0.1, -0.05) is 13.8 Å². The van der Waals surface area contributed by atoms with Crippen molar-refractivity contribution in [3.8, 4) is 23.0 Å². The number of nitrogens with two attached hydrogens (primary N) is 1. The summed E-state index contributed by atoms with van der Waals surface area (Å²) >= 11 is 0. The number of ether oxygens (including phenoxy) is 3. The van der Waals surface area contributed by atoms with Crippen molar-refractivity contribution < 1.29 is 24.4 Å². The van der Waals surface area contributed by atoms with Gasteiger partial charge in [0.25, 0.3) is 0 Å². The van der Waals surface area contributed by atoms with Crippen molar-refractivity contribution in [3.05, 3.63) is 23.9 Å². The molecule has 0 saturated carbocycles. The number of aromatic nitrogens is 2. The highest BCUT2D eigenvalue weighted by Gasteiger charge is 2.18. The molecule has 0 unspecified atom stereocenters. The SMILES string of the molecule is COc1cc(Oc2cnc(NC(CCO)CCO)nc2N)c(C(C)C)cc1OC. The Bertz CT molecular complexity index is 795. The summed E-state index contributed by atoms with van der Waals surface area (Å²) in [4.78, 5) is 8.48. The lowest BCUT2D eigenvalue weighted by Gasteiger charge is -2.19.